The second-order valence-electron chi connectivity index (χ2n) is 15.2. The third-order valence-corrected chi connectivity index (χ3v) is 11.1. The third-order valence-electron chi connectivity index (χ3n) is 11.1. The van der Waals surface area contributed by atoms with Gasteiger partial charge in [-0.25, -0.2) is 0 Å². The second kappa shape index (κ2) is 19.1. The van der Waals surface area contributed by atoms with E-state index in [2.05, 4.69) is 171 Å². The van der Waals surface area contributed by atoms with Crippen molar-refractivity contribution < 1.29 is 20.4 Å². The predicted octanol–water partition coefficient (Wildman–Crippen LogP) is 9.93. The van der Waals surface area contributed by atoms with Crippen LogP contribution < -0.4 is 9.80 Å². The van der Waals surface area contributed by atoms with E-state index < -0.39 is 0 Å². The molecular formula is C50H56N2O4. The molecule has 0 saturated carbocycles. The van der Waals surface area contributed by atoms with E-state index >= 15 is 0 Å². The molecule has 0 amide bonds. The largest absolute Gasteiger partial charge is 0.396 e. The molecule has 0 bridgehead atoms. The maximum absolute atomic E-state index is 9.58. The van der Waals surface area contributed by atoms with Crippen LogP contribution in [-0.4, -0.2) is 46.9 Å². The van der Waals surface area contributed by atoms with Crippen LogP contribution in [0.5, 0.6) is 0 Å². The Bertz CT molecular complexity index is 1980. The van der Waals surface area contributed by atoms with Gasteiger partial charge in [-0.1, -0.05) is 60.7 Å². The Morgan fingerprint density at radius 2 is 0.607 bits per heavy atom. The van der Waals surface area contributed by atoms with Crippen molar-refractivity contribution in [1.82, 2.24) is 0 Å². The zero-order valence-electron chi connectivity index (χ0n) is 33.2. The predicted molar refractivity (Wildman–Crippen MR) is 231 cm³/mol. The molecule has 0 spiro atoms. The number of anilines is 6. The molecule has 0 unspecified atom stereocenters. The molecule has 6 aromatic carbocycles. The van der Waals surface area contributed by atoms with E-state index in [9.17, 15) is 20.4 Å². The Labute approximate surface area is 333 Å². The highest BCUT2D eigenvalue weighted by Crippen LogP contribution is 2.38. The SMILES string of the molecule is Cc1ccc(N(c2ccc(CCc3ccc(N(c4ccc(CC(CO)CO)cc4)c4ccc(C)c(C)c4)cc3)cc2)c2ccc(CC(CO)CO)cc2)cc1C. The fraction of sp³-hybridized carbons (Fsp3) is 0.280. The molecule has 6 aromatic rings. The van der Waals surface area contributed by atoms with Gasteiger partial charge in [0.1, 0.15) is 0 Å². The fourth-order valence-electron chi connectivity index (χ4n) is 7.14. The average molecular weight is 749 g/mol. The number of aliphatic hydroxyl groups is 4. The van der Waals surface area contributed by atoms with Crippen molar-refractivity contribution in [3.05, 3.63) is 178 Å². The van der Waals surface area contributed by atoms with Crippen molar-refractivity contribution >= 4 is 34.1 Å². The minimum absolute atomic E-state index is 0.0340. The lowest BCUT2D eigenvalue weighted by Crippen LogP contribution is -2.14. The number of rotatable bonds is 17. The molecule has 4 N–H and O–H groups in total. The molecule has 6 nitrogen and oxygen atoms in total. The number of aliphatic hydroxyl groups excluding tert-OH is 4. The first-order chi connectivity index (χ1) is 27.2. The summed E-state index contributed by atoms with van der Waals surface area (Å²) in [4.78, 5) is 4.56. The van der Waals surface area contributed by atoms with Crippen LogP contribution in [0.4, 0.5) is 34.1 Å². The summed E-state index contributed by atoms with van der Waals surface area (Å²) in [5.41, 5.74) is 16.2. The highest BCUT2D eigenvalue weighted by Gasteiger charge is 2.17. The first kappa shape index (κ1) is 40.4. The van der Waals surface area contributed by atoms with Gasteiger partial charge < -0.3 is 30.2 Å². The molecule has 0 heterocycles. The van der Waals surface area contributed by atoms with E-state index in [1.54, 1.807) is 0 Å². The van der Waals surface area contributed by atoms with Crippen LogP contribution in [-0.2, 0) is 25.7 Å². The molecule has 0 aliphatic heterocycles. The second-order valence-corrected chi connectivity index (χ2v) is 15.2. The van der Waals surface area contributed by atoms with Crippen LogP contribution >= 0.6 is 0 Å². The van der Waals surface area contributed by atoms with E-state index in [0.29, 0.717) is 12.8 Å². The van der Waals surface area contributed by atoms with Gasteiger partial charge in [-0.2, -0.15) is 0 Å². The van der Waals surface area contributed by atoms with Crippen LogP contribution in [0.15, 0.2) is 133 Å². The summed E-state index contributed by atoms with van der Waals surface area (Å²) in [6.45, 7) is 8.43. The van der Waals surface area contributed by atoms with Gasteiger partial charge >= 0.3 is 0 Å². The maximum Gasteiger partial charge on any atom is 0.0484 e. The lowest BCUT2D eigenvalue weighted by Gasteiger charge is -2.27. The molecule has 0 saturated heterocycles. The van der Waals surface area contributed by atoms with Gasteiger partial charge in [0.25, 0.3) is 0 Å². The van der Waals surface area contributed by atoms with Crippen molar-refractivity contribution in [2.24, 2.45) is 11.8 Å². The van der Waals surface area contributed by atoms with Gasteiger partial charge in [0.2, 0.25) is 0 Å². The number of hydrogen-bond acceptors (Lipinski definition) is 6. The first-order valence-corrected chi connectivity index (χ1v) is 19.7. The quantitative estimate of drug-likeness (QED) is 0.0743. The van der Waals surface area contributed by atoms with Gasteiger partial charge in [0.15, 0.2) is 0 Å². The molecule has 56 heavy (non-hydrogen) atoms. The van der Waals surface area contributed by atoms with E-state index in [1.807, 2.05) is 0 Å². The molecule has 0 aliphatic rings. The van der Waals surface area contributed by atoms with Gasteiger partial charge in [-0.05, 0) is 171 Å². The molecule has 290 valence electrons. The summed E-state index contributed by atoms with van der Waals surface area (Å²) < 4.78 is 0. The van der Waals surface area contributed by atoms with Crippen LogP contribution in [0.1, 0.15) is 44.5 Å². The number of benzene rings is 6. The summed E-state index contributed by atoms with van der Waals surface area (Å²) >= 11 is 0. The standard InChI is InChI=1S/C50H56N2O4/c1-35-5-17-49(27-37(35)3)51(47-23-13-41(14-24-47)29-43(31-53)32-54)45-19-9-39(10-20-45)7-8-40-11-21-46(22-12-40)52(50-18-6-36(2)38(4)28-50)48-25-15-42(16-26-48)30-44(33-55)34-56/h5-6,9-28,43-44,53-56H,7-8,29-34H2,1-4H3. The van der Waals surface area contributed by atoms with E-state index in [1.165, 1.54) is 33.4 Å². The third kappa shape index (κ3) is 9.94. The maximum atomic E-state index is 9.58. The Morgan fingerprint density at radius 3 is 0.875 bits per heavy atom. The van der Waals surface area contributed by atoms with Crippen LogP contribution in [0.2, 0.25) is 0 Å². The smallest absolute Gasteiger partial charge is 0.0484 e. The summed E-state index contributed by atoms with van der Waals surface area (Å²) in [6, 6.07) is 47.7. The number of nitrogens with zero attached hydrogens (tertiary/aromatic N) is 2. The number of hydrogen-bond donors (Lipinski definition) is 4. The number of aryl methyl sites for hydroxylation is 6. The van der Waals surface area contributed by atoms with E-state index in [0.717, 1.165) is 58.1 Å². The molecule has 6 heteroatoms. The van der Waals surface area contributed by atoms with Crippen LogP contribution in [0.3, 0.4) is 0 Å². The van der Waals surface area contributed by atoms with Crippen molar-refractivity contribution in [1.29, 1.82) is 0 Å². The van der Waals surface area contributed by atoms with Crippen molar-refractivity contribution in [3.8, 4) is 0 Å². The molecule has 0 aromatic heterocycles. The van der Waals surface area contributed by atoms with Crippen LogP contribution in [0, 0.1) is 39.5 Å². The lowest BCUT2D eigenvalue weighted by molar-refractivity contribution is 0.150. The molecule has 6 rings (SSSR count). The first-order valence-electron chi connectivity index (χ1n) is 19.7. The van der Waals surface area contributed by atoms with Crippen molar-refractivity contribution in [2.75, 3.05) is 36.2 Å². The van der Waals surface area contributed by atoms with E-state index in [4.69, 9.17) is 0 Å². The highest BCUT2D eigenvalue weighted by atomic mass is 16.3. The monoisotopic (exact) mass is 748 g/mol. The summed E-state index contributed by atoms with van der Waals surface area (Å²) in [7, 11) is 0. The normalized spacial score (nSPS) is 11.4. The van der Waals surface area contributed by atoms with Gasteiger partial charge in [0, 0.05) is 72.4 Å². The average Bonchev–Trinajstić information content (AvgIpc) is 3.23. The zero-order chi connectivity index (χ0) is 39.6. The molecule has 0 atom stereocenters. The fourth-order valence-corrected chi connectivity index (χ4v) is 7.14. The summed E-state index contributed by atoms with van der Waals surface area (Å²) in [6.07, 6.45) is 3.10. The summed E-state index contributed by atoms with van der Waals surface area (Å²) in [5, 5.41) is 38.3. The molecular weight excluding hydrogens is 693 g/mol. The van der Waals surface area contributed by atoms with Crippen molar-refractivity contribution in [3.63, 3.8) is 0 Å². The molecule has 0 aliphatic carbocycles. The highest BCUT2D eigenvalue weighted by molar-refractivity contribution is 5.78. The Hall–Kier alpha value is -5.24. The Balaban J connectivity index is 1.19. The Morgan fingerprint density at radius 1 is 0.339 bits per heavy atom. The minimum atomic E-state index is -0.158. The molecule has 0 radical (unpaired) electrons. The lowest BCUT2D eigenvalue weighted by atomic mass is 10.00. The van der Waals surface area contributed by atoms with Crippen LogP contribution in [0.25, 0.3) is 0 Å². The van der Waals surface area contributed by atoms with Crippen molar-refractivity contribution in [2.45, 2.75) is 53.4 Å². The van der Waals surface area contributed by atoms with Gasteiger partial charge in [0.05, 0.1) is 0 Å². The summed E-state index contributed by atoms with van der Waals surface area (Å²) in [5.74, 6) is -0.317. The zero-order valence-corrected chi connectivity index (χ0v) is 33.2. The van der Waals surface area contributed by atoms with Gasteiger partial charge in [-0.3, -0.25) is 0 Å². The topological polar surface area (TPSA) is 87.4 Å². The molecule has 0 fully saturated rings. The minimum Gasteiger partial charge on any atom is -0.396 e. The Kier molecular flexibility index (Phi) is 13.8. The van der Waals surface area contributed by atoms with E-state index in [-0.39, 0.29) is 38.3 Å². The van der Waals surface area contributed by atoms with Gasteiger partial charge in [-0.15, -0.1) is 0 Å².